The smallest absolute Gasteiger partial charge is 0.137 e. The van der Waals surface area contributed by atoms with Crippen molar-refractivity contribution in [1.82, 2.24) is 0 Å². The molecule has 106 valence electrons. The Hall–Kier alpha value is -1.32. The summed E-state index contributed by atoms with van der Waals surface area (Å²) in [7, 11) is 0. The summed E-state index contributed by atoms with van der Waals surface area (Å²) < 4.78 is 14.1. The van der Waals surface area contributed by atoms with Crippen LogP contribution in [0, 0.1) is 19.7 Å². The van der Waals surface area contributed by atoms with Crippen LogP contribution in [0.3, 0.4) is 0 Å². The minimum absolute atomic E-state index is 0.0234. The second-order valence-electron chi connectivity index (χ2n) is 5.28. The van der Waals surface area contributed by atoms with Gasteiger partial charge in [0.1, 0.15) is 5.82 Å². The van der Waals surface area contributed by atoms with Crippen LogP contribution < -0.4 is 5.73 Å². The van der Waals surface area contributed by atoms with E-state index in [0.717, 1.165) is 10.5 Å². The molecule has 2 rings (SSSR count). The summed E-state index contributed by atoms with van der Waals surface area (Å²) in [5.74, 6) is -0.173. The molecule has 0 radical (unpaired) electrons. The molecule has 2 aromatic rings. The summed E-state index contributed by atoms with van der Waals surface area (Å²) in [5.41, 5.74) is 9.22. The normalized spacial score (nSPS) is 12.4. The van der Waals surface area contributed by atoms with Gasteiger partial charge in [0.2, 0.25) is 0 Å². The zero-order valence-electron chi connectivity index (χ0n) is 12.1. The average Bonchev–Trinajstić information content (AvgIpc) is 2.35. The fraction of sp³-hybridized carbons (Fsp3) is 0.294. The Kier molecular flexibility index (Phi) is 4.84. The van der Waals surface area contributed by atoms with Crippen LogP contribution in [0.5, 0.6) is 0 Å². The minimum atomic E-state index is -0.173. The van der Waals surface area contributed by atoms with Gasteiger partial charge in [0, 0.05) is 10.9 Å². The van der Waals surface area contributed by atoms with Crippen molar-refractivity contribution < 1.29 is 4.39 Å². The molecule has 0 aliphatic heterocycles. The van der Waals surface area contributed by atoms with Crippen molar-refractivity contribution in [1.29, 1.82) is 0 Å². The molecule has 2 N–H and O–H groups in total. The molecule has 0 aliphatic rings. The van der Waals surface area contributed by atoms with Gasteiger partial charge in [-0.3, -0.25) is 0 Å². The summed E-state index contributed by atoms with van der Waals surface area (Å²) >= 11 is 1.49. The van der Waals surface area contributed by atoms with Gasteiger partial charge in [-0.1, -0.05) is 41.6 Å². The first-order chi connectivity index (χ1) is 9.47. The third-order valence-electron chi connectivity index (χ3n) is 3.13. The highest BCUT2D eigenvalue weighted by atomic mass is 32.2. The van der Waals surface area contributed by atoms with Crippen molar-refractivity contribution in [2.45, 2.75) is 43.0 Å². The summed E-state index contributed by atoms with van der Waals surface area (Å²) in [6.07, 6.45) is 0.686. The lowest BCUT2D eigenvalue weighted by Crippen LogP contribution is -2.18. The minimum Gasteiger partial charge on any atom is -0.328 e. The summed E-state index contributed by atoms with van der Waals surface area (Å²) in [6.45, 7) is 6.06. The van der Waals surface area contributed by atoms with Crippen molar-refractivity contribution in [3.63, 3.8) is 0 Å². The number of rotatable bonds is 4. The predicted molar refractivity (Wildman–Crippen MR) is 83.8 cm³/mol. The second-order valence-corrected chi connectivity index (χ2v) is 6.33. The first-order valence-electron chi connectivity index (χ1n) is 6.75. The molecular formula is C17H20FNS. The van der Waals surface area contributed by atoms with E-state index in [4.69, 9.17) is 5.73 Å². The molecule has 0 heterocycles. The number of benzene rings is 2. The van der Waals surface area contributed by atoms with E-state index in [-0.39, 0.29) is 11.9 Å². The van der Waals surface area contributed by atoms with Crippen LogP contribution in [0.4, 0.5) is 4.39 Å². The maximum absolute atomic E-state index is 14.1. The summed E-state index contributed by atoms with van der Waals surface area (Å²) in [5, 5.41) is 0. The number of hydrogen-bond donors (Lipinski definition) is 1. The zero-order chi connectivity index (χ0) is 14.7. The molecule has 1 unspecified atom stereocenters. The van der Waals surface area contributed by atoms with E-state index in [1.807, 2.05) is 13.0 Å². The van der Waals surface area contributed by atoms with Gasteiger partial charge in [0.15, 0.2) is 0 Å². The molecule has 2 aromatic carbocycles. The fourth-order valence-electron chi connectivity index (χ4n) is 2.20. The predicted octanol–water partition coefficient (Wildman–Crippen LogP) is 4.48. The molecular weight excluding hydrogens is 269 g/mol. The molecule has 0 aliphatic carbocycles. The highest BCUT2D eigenvalue weighted by Gasteiger charge is 2.12. The Labute approximate surface area is 124 Å². The van der Waals surface area contributed by atoms with Crippen LogP contribution in [0.25, 0.3) is 0 Å². The number of halogens is 1. The molecule has 0 fully saturated rings. The van der Waals surface area contributed by atoms with Crippen LogP contribution >= 0.6 is 11.8 Å². The number of nitrogens with two attached hydrogens (primary N) is 1. The molecule has 1 atom stereocenters. The van der Waals surface area contributed by atoms with E-state index in [1.54, 1.807) is 6.07 Å². The SMILES string of the molecule is Cc1ccc(Sc2c(F)cccc2CC(C)N)c(C)c1. The van der Waals surface area contributed by atoms with Crippen molar-refractivity contribution in [3.05, 3.63) is 58.9 Å². The molecule has 3 heteroatoms. The van der Waals surface area contributed by atoms with Crippen LogP contribution in [-0.4, -0.2) is 6.04 Å². The van der Waals surface area contributed by atoms with Crippen LogP contribution in [0.15, 0.2) is 46.2 Å². The van der Waals surface area contributed by atoms with E-state index in [0.29, 0.717) is 11.3 Å². The van der Waals surface area contributed by atoms with Crippen molar-refractivity contribution in [3.8, 4) is 0 Å². The number of aryl methyl sites for hydroxylation is 2. The lowest BCUT2D eigenvalue weighted by atomic mass is 10.1. The number of hydrogen-bond acceptors (Lipinski definition) is 2. The topological polar surface area (TPSA) is 26.0 Å². The van der Waals surface area contributed by atoms with E-state index in [1.165, 1.54) is 29.0 Å². The molecule has 0 spiro atoms. The van der Waals surface area contributed by atoms with Gasteiger partial charge in [-0.2, -0.15) is 0 Å². The summed E-state index contributed by atoms with van der Waals surface area (Å²) in [4.78, 5) is 1.78. The molecule has 1 nitrogen and oxygen atoms in total. The van der Waals surface area contributed by atoms with E-state index >= 15 is 0 Å². The van der Waals surface area contributed by atoms with Gasteiger partial charge in [-0.05, 0) is 50.5 Å². The van der Waals surface area contributed by atoms with Gasteiger partial charge in [0.05, 0.1) is 4.90 Å². The van der Waals surface area contributed by atoms with Crippen LogP contribution in [0.1, 0.15) is 23.6 Å². The largest absolute Gasteiger partial charge is 0.328 e. The van der Waals surface area contributed by atoms with Crippen molar-refractivity contribution >= 4 is 11.8 Å². The van der Waals surface area contributed by atoms with E-state index in [2.05, 4.69) is 32.0 Å². The second kappa shape index (κ2) is 6.42. The van der Waals surface area contributed by atoms with E-state index in [9.17, 15) is 4.39 Å². The van der Waals surface area contributed by atoms with Crippen LogP contribution in [0.2, 0.25) is 0 Å². The van der Waals surface area contributed by atoms with E-state index < -0.39 is 0 Å². The van der Waals surface area contributed by atoms with Crippen molar-refractivity contribution in [2.24, 2.45) is 5.73 Å². The molecule has 0 aromatic heterocycles. The van der Waals surface area contributed by atoms with Gasteiger partial charge in [-0.15, -0.1) is 0 Å². The third kappa shape index (κ3) is 3.62. The highest BCUT2D eigenvalue weighted by Crippen LogP contribution is 2.35. The molecule has 0 bridgehead atoms. The maximum atomic E-state index is 14.1. The van der Waals surface area contributed by atoms with Crippen LogP contribution in [-0.2, 0) is 6.42 Å². The Bertz CT molecular complexity index is 608. The van der Waals surface area contributed by atoms with Gasteiger partial charge >= 0.3 is 0 Å². The first kappa shape index (κ1) is 15.1. The first-order valence-corrected chi connectivity index (χ1v) is 7.57. The molecule has 0 saturated heterocycles. The average molecular weight is 289 g/mol. The lowest BCUT2D eigenvalue weighted by Gasteiger charge is -2.13. The Morgan fingerprint density at radius 3 is 2.60 bits per heavy atom. The maximum Gasteiger partial charge on any atom is 0.137 e. The lowest BCUT2D eigenvalue weighted by molar-refractivity contribution is 0.593. The van der Waals surface area contributed by atoms with Gasteiger partial charge in [0.25, 0.3) is 0 Å². The monoisotopic (exact) mass is 289 g/mol. The Balaban J connectivity index is 2.37. The zero-order valence-corrected chi connectivity index (χ0v) is 12.9. The Morgan fingerprint density at radius 1 is 1.20 bits per heavy atom. The summed E-state index contributed by atoms with van der Waals surface area (Å²) in [6, 6.07) is 11.5. The molecule has 0 saturated carbocycles. The fourth-order valence-corrected chi connectivity index (χ4v) is 3.22. The van der Waals surface area contributed by atoms with Crippen molar-refractivity contribution in [2.75, 3.05) is 0 Å². The Morgan fingerprint density at radius 2 is 1.95 bits per heavy atom. The van der Waals surface area contributed by atoms with Gasteiger partial charge < -0.3 is 5.73 Å². The third-order valence-corrected chi connectivity index (χ3v) is 4.47. The molecule has 20 heavy (non-hydrogen) atoms. The van der Waals surface area contributed by atoms with Gasteiger partial charge in [-0.25, -0.2) is 4.39 Å². The molecule has 0 amide bonds. The quantitative estimate of drug-likeness (QED) is 0.898. The highest BCUT2D eigenvalue weighted by molar-refractivity contribution is 7.99. The standard InChI is InChI=1S/C17H20FNS/c1-11-7-8-16(12(2)9-11)20-17-14(10-13(3)19)5-4-6-15(17)18/h4-9,13H,10,19H2,1-3H3.